The molecule has 0 saturated carbocycles. The first-order valence-corrected chi connectivity index (χ1v) is 5.29. The molecule has 15 heavy (non-hydrogen) atoms. The number of aliphatic hydroxyl groups is 1. The third-order valence-electron chi connectivity index (χ3n) is 1.57. The number of hydrogen-bond donors (Lipinski definition) is 1. The molecule has 0 aliphatic rings. The first-order chi connectivity index (χ1) is 7.22. The number of halogens is 2. The monoisotopic (exact) mass is 278 g/mol. The summed E-state index contributed by atoms with van der Waals surface area (Å²) in [7, 11) is 0. The molecule has 84 valence electrons. The lowest BCUT2D eigenvalue weighted by molar-refractivity contribution is 0.0704. The van der Waals surface area contributed by atoms with Gasteiger partial charge in [0.2, 0.25) is 0 Å². The van der Waals surface area contributed by atoms with Gasteiger partial charge in [0.15, 0.2) is 0 Å². The van der Waals surface area contributed by atoms with Crippen molar-refractivity contribution in [3.8, 4) is 5.75 Å². The number of aliphatic hydroxyl groups excluding tert-OH is 1. The van der Waals surface area contributed by atoms with E-state index in [9.17, 15) is 4.39 Å². The second-order valence-electron chi connectivity index (χ2n) is 2.79. The summed E-state index contributed by atoms with van der Waals surface area (Å²) in [6.45, 7) is 0.978. The van der Waals surface area contributed by atoms with E-state index >= 15 is 0 Å². The minimum atomic E-state index is -0.351. The molecule has 0 amide bonds. The van der Waals surface area contributed by atoms with E-state index in [1.807, 2.05) is 0 Å². The fourth-order valence-electron chi connectivity index (χ4n) is 0.997. The topological polar surface area (TPSA) is 38.7 Å². The standard InChI is InChI=1S/C10H12BrFO3/c11-8-5-9(12)7-10(6-8)15-4-3-14-2-1-13/h5-7,13H,1-4H2. The largest absolute Gasteiger partial charge is 0.491 e. The molecule has 0 heterocycles. The van der Waals surface area contributed by atoms with Crippen molar-refractivity contribution < 1.29 is 19.0 Å². The number of rotatable bonds is 6. The summed E-state index contributed by atoms with van der Waals surface area (Å²) in [5.74, 6) is 0.102. The molecule has 3 nitrogen and oxygen atoms in total. The van der Waals surface area contributed by atoms with Crippen LogP contribution < -0.4 is 4.74 Å². The Morgan fingerprint density at radius 2 is 2.00 bits per heavy atom. The maximum absolute atomic E-state index is 12.9. The molecule has 0 fully saturated rings. The van der Waals surface area contributed by atoms with Crippen molar-refractivity contribution in [3.05, 3.63) is 28.5 Å². The Morgan fingerprint density at radius 1 is 1.20 bits per heavy atom. The second-order valence-corrected chi connectivity index (χ2v) is 3.71. The van der Waals surface area contributed by atoms with Gasteiger partial charge < -0.3 is 14.6 Å². The highest BCUT2D eigenvalue weighted by molar-refractivity contribution is 9.10. The minimum absolute atomic E-state index is 0.00842. The molecule has 0 unspecified atom stereocenters. The van der Waals surface area contributed by atoms with Crippen LogP contribution >= 0.6 is 15.9 Å². The second kappa shape index (κ2) is 6.76. The SMILES string of the molecule is OCCOCCOc1cc(F)cc(Br)c1. The summed E-state index contributed by atoms with van der Waals surface area (Å²) in [5, 5.41) is 8.43. The van der Waals surface area contributed by atoms with E-state index in [0.717, 1.165) is 0 Å². The molecule has 0 bridgehead atoms. The van der Waals surface area contributed by atoms with E-state index < -0.39 is 0 Å². The summed E-state index contributed by atoms with van der Waals surface area (Å²) in [4.78, 5) is 0. The van der Waals surface area contributed by atoms with Gasteiger partial charge in [-0.05, 0) is 12.1 Å². The molecule has 0 aliphatic heterocycles. The van der Waals surface area contributed by atoms with Gasteiger partial charge in [-0.1, -0.05) is 15.9 Å². The summed E-state index contributed by atoms with van der Waals surface area (Å²) >= 11 is 3.16. The zero-order valence-electron chi connectivity index (χ0n) is 8.08. The van der Waals surface area contributed by atoms with Crippen LogP contribution in [0.1, 0.15) is 0 Å². The molecule has 0 radical (unpaired) electrons. The average Bonchev–Trinajstić information content (AvgIpc) is 2.16. The normalized spacial score (nSPS) is 10.3. The van der Waals surface area contributed by atoms with Crippen LogP contribution in [0, 0.1) is 5.82 Å². The summed E-state index contributed by atoms with van der Waals surface area (Å²) in [6.07, 6.45) is 0. The lowest BCUT2D eigenvalue weighted by Gasteiger charge is -2.06. The number of hydrogen-bond acceptors (Lipinski definition) is 3. The van der Waals surface area contributed by atoms with E-state index in [-0.39, 0.29) is 19.0 Å². The van der Waals surface area contributed by atoms with Gasteiger partial charge in [-0.2, -0.15) is 0 Å². The molecular weight excluding hydrogens is 267 g/mol. The quantitative estimate of drug-likeness (QED) is 0.809. The Morgan fingerprint density at radius 3 is 2.67 bits per heavy atom. The Hall–Kier alpha value is -0.650. The molecule has 0 spiro atoms. The molecule has 1 N–H and O–H groups in total. The predicted octanol–water partition coefficient (Wildman–Crippen LogP) is 1.98. The van der Waals surface area contributed by atoms with Crippen molar-refractivity contribution in [2.45, 2.75) is 0 Å². The van der Waals surface area contributed by atoms with Gasteiger partial charge in [-0.25, -0.2) is 4.39 Å². The smallest absolute Gasteiger partial charge is 0.128 e. The maximum Gasteiger partial charge on any atom is 0.128 e. The van der Waals surface area contributed by atoms with Crippen molar-refractivity contribution in [3.63, 3.8) is 0 Å². The van der Waals surface area contributed by atoms with Crippen LogP contribution in [0.25, 0.3) is 0 Å². The van der Waals surface area contributed by atoms with Crippen molar-refractivity contribution in [2.24, 2.45) is 0 Å². The molecule has 5 heteroatoms. The molecular formula is C10H12BrFO3. The van der Waals surface area contributed by atoms with Crippen molar-refractivity contribution >= 4 is 15.9 Å². The van der Waals surface area contributed by atoms with Crippen molar-refractivity contribution in [1.82, 2.24) is 0 Å². The Labute approximate surface area is 95.9 Å². The highest BCUT2D eigenvalue weighted by atomic mass is 79.9. The highest BCUT2D eigenvalue weighted by Gasteiger charge is 1.99. The van der Waals surface area contributed by atoms with Crippen LogP contribution in [0.15, 0.2) is 22.7 Å². The zero-order valence-corrected chi connectivity index (χ0v) is 9.67. The first kappa shape index (κ1) is 12.4. The van der Waals surface area contributed by atoms with Gasteiger partial charge in [0, 0.05) is 10.5 Å². The van der Waals surface area contributed by atoms with E-state index in [0.29, 0.717) is 23.4 Å². The highest BCUT2D eigenvalue weighted by Crippen LogP contribution is 2.20. The van der Waals surface area contributed by atoms with Crippen LogP contribution in [0.2, 0.25) is 0 Å². The number of benzene rings is 1. The predicted molar refractivity (Wildman–Crippen MR) is 57.5 cm³/mol. The van der Waals surface area contributed by atoms with Crippen LogP contribution in [0.4, 0.5) is 4.39 Å². The Kier molecular flexibility index (Phi) is 5.60. The molecule has 0 saturated heterocycles. The molecule has 0 atom stereocenters. The van der Waals surface area contributed by atoms with Crippen molar-refractivity contribution in [1.29, 1.82) is 0 Å². The van der Waals surface area contributed by atoms with Gasteiger partial charge in [0.05, 0.1) is 19.8 Å². The van der Waals surface area contributed by atoms with Gasteiger partial charge in [0.1, 0.15) is 18.2 Å². The fourth-order valence-corrected chi connectivity index (χ4v) is 1.44. The maximum atomic E-state index is 12.9. The molecule has 1 aromatic rings. The molecule has 0 aliphatic carbocycles. The lowest BCUT2D eigenvalue weighted by Crippen LogP contribution is -2.09. The molecule has 1 rings (SSSR count). The fraction of sp³-hybridized carbons (Fsp3) is 0.400. The summed E-state index contributed by atoms with van der Waals surface area (Å²) in [5.41, 5.74) is 0. The third-order valence-corrected chi connectivity index (χ3v) is 2.03. The first-order valence-electron chi connectivity index (χ1n) is 4.50. The third kappa shape index (κ3) is 5.11. The molecule has 1 aromatic carbocycles. The number of ether oxygens (including phenoxy) is 2. The average molecular weight is 279 g/mol. The van der Waals surface area contributed by atoms with Crippen LogP contribution in [0.5, 0.6) is 5.75 Å². The van der Waals surface area contributed by atoms with E-state index in [2.05, 4.69) is 15.9 Å². The Bertz CT molecular complexity index is 286. The van der Waals surface area contributed by atoms with Crippen molar-refractivity contribution in [2.75, 3.05) is 26.4 Å². The van der Waals surface area contributed by atoms with Gasteiger partial charge >= 0.3 is 0 Å². The summed E-state index contributed by atoms with van der Waals surface area (Å²) in [6, 6.07) is 4.33. The van der Waals surface area contributed by atoms with Gasteiger partial charge in [0.25, 0.3) is 0 Å². The summed E-state index contributed by atoms with van der Waals surface area (Å²) < 4.78 is 23.7. The van der Waals surface area contributed by atoms with E-state index in [1.165, 1.54) is 12.1 Å². The lowest BCUT2D eigenvalue weighted by atomic mass is 10.3. The van der Waals surface area contributed by atoms with Crippen LogP contribution in [-0.4, -0.2) is 31.5 Å². The minimum Gasteiger partial charge on any atom is -0.491 e. The van der Waals surface area contributed by atoms with E-state index in [4.69, 9.17) is 14.6 Å². The van der Waals surface area contributed by atoms with Gasteiger partial charge in [-0.3, -0.25) is 0 Å². The molecule has 0 aromatic heterocycles. The van der Waals surface area contributed by atoms with E-state index in [1.54, 1.807) is 6.07 Å². The van der Waals surface area contributed by atoms with Crippen LogP contribution in [0.3, 0.4) is 0 Å². The van der Waals surface area contributed by atoms with Gasteiger partial charge in [-0.15, -0.1) is 0 Å². The zero-order chi connectivity index (χ0) is 11.1. The van der Waals surface area contributed by atoms with Crippen LogP contribution in [-0.2, 0) is 4.74 Å². The Balaban J connectivity index is 2.31.